The van der Waals surface area contributed by atoms with Crippen LogP contribution < -0.4 is 14.8 Å². The Morgan fingerprint density at radius 2 is 1.20 bits per heavy atom. The van der Waals surface area contributed by atoms with Gasteiger partial charge in [-0.25, -0.2) is 4.79 Å². The molecule has 1 amide bonds. The molecule has 0 saturated carbocycles. The van der Waals surface area contributed by atoms with Gasteiger partial charge in [0.1, 0.15) is 40.9 Å². The summed E-state index contributed by atoms with van der Waals surface area (Å²) in [5.74, 6) is 2.62. The van der Waals surface area contributed by atoms with Gasteiger partial charge in [0, 0.05) is 25.9 Å². The van der Waals surface area contributed by atoms with E-state index in [0.29, 0.717) is 32.0 Å². The second-order valence-corrected chi connectivity index (χ2v) is 12.3. The molecule has 2 aromatic rings. The molecule has 2 aliphatic heterocycles. The van der Waals surface area contributed by atoms with Gasteiger partial charge in [0.2, 0.25) is 0 Å². The van der Waals surface area contributed by atoms with Crippen LogP contribution in [0, 0.1) is 0 Å². The predicted molar refractivity (Wildman–Crippen MR) is 160 cm³/mol. The van der Waals surface area contributed by atoms with Crippen LogP contribution in [0.3, 0.4) is 0 Å². The van der Waals surface area contributed by atoms with Crippen LogP contribution in [0.25, 0.3) is 0 Å². The smallest absolute Gasteiger partial charge is 0.410 e. The summed E-state index contributed by atoms with van der Waals surface area (Å²) in [6, 6.07) is 15.9. The summed E-state index contributed by atoms with van der Waals surface area (Å²) >= 11 is 0. The SMILES string of the molecule is CC(=O)C[C@@H](C)c1ccc(OC2CN(C(=O)OC(C)(C)C)C2)cc1.CC(=O)C[C@@H](C)c1ccc(OC2CNC2)cc1. The van der Waals surface area contributed by atoms with Crippen LogP contribution in [0.5, 0.6) is 11.5 Å². The van der Waals surface area contributed by atoms with Crippen molar-refractivity contribution >= 4 is 17.7 Å². The van der Waals surface area contributed by atoms with Crippen molar-refractivity contribution in [2.75, 3.05) is 26.2 Å². The van der Waals surface area contributed by atoms with Crippen molar-refractivity contribution < 1.29 is 28.6 Å². The summed E-state index contributed by atoms with van der Waals surface area (Å²) in [5.41, 5.74) is 1.84. The molecular formula is C33H46N2O6. The highest BCUT2D eigenvalue weighted by atomic mass is 16.6. The molecule has 224 valence electrons. The van der Waals surface area contributed by atoms with Gasteiger partial charge in [-0.05, 0) is 81.8 Å². The molecular weight excluding hydrogens is 520 g/mol. The van der Waals surface area contributed by atoms with E-state index in [9.17, 15) is 14.4 Å². The third kappa shape index (κ3) is 10.8. The zero-order valence-electron chi connectivity index (χ0n) is 25.6. The first-order chi connectivity index (χ1) is 19.3. The molecule has 0 aliphatic carbocycles. The maximum atomic E-state index is 11.9. The third-order valence-electron chi connectivity index (χ3n) is 6.93. The lowest BCUT2D eigenvalue weighted by molar-refractivity contribution is -0.118. The fraction of sp³-hybridized carbons (Fsp3) is 0.545. The molecule has 0 unspecified atom stereocenters. The maximum absolute atomic E-state index is 11.9. The highest BCUT2D eigenvalue weighted by molar-refractivity contribution is 5.76. The molecule has 0 radical (unpaired) electrons. The topological polar surface area (TPSA) is 94.2 Å². The summed E-state index contributed by atoms with van der Waals surface area (Å²) in [6.45, 7) is 15.9. The Morgan fingerprint density at radius 3 is 1.54 bits per heavy atom. The summed E-state index contributed by atoms with van der Waals surface area (Å²) in [4.78, 5) is 35.8. The number of ketones is 2. The Hall–Kier alpha value is -3.39. The van der Waals surface area contributed by atoms with Crippen LogP contribution in [-0.2, 0) is 14.3 Å². The van der Waals surface area contributed by atoms with E-state index in [-0.39, 0.29) is 35.6 Å². The number of amides is 1. The quantitative estimate of drug-likeness (QED) is 0.383. The molecule has 2 aromatic carbocycles. The van der Waals surface area contributed by atoms with Gasteiger partial charge >= 0.3 is 6.09 Å². The van der Waals surface area contributed by atoms with Gasteiger partial charge in [0.15, 0.2) is 0 Å². The lowest BCUT2D eigenvalue weighted by Gasteiger charge is -2.39. The average molecular weight is 567 g/mol. The Morgan fingerprint density at radius 1 is 0.780 bits per heavy atom. The molecule has 1 N–H and O–H groups in total. The van der Waals surface area contributed by atoms with Crippen molar-refractivity contribution in [1.82, 2.24) is 10.2 Å². The standard InChI is InChI=1S/C19H27NO4.C14H19NO2/c1-13(10-14(2)21)15-6-8-16(9-7-15)23-17-11-20(12-17)18(22)24-19(3,4)5;1-10(7-11(2)16)12-3-5-13(6-4-12)17-14-8-15-9-14/h6-9,13,17H,10-12H2,1-5H3;3-6,10,14-15H,7-9H2,1-2H3/t13-;10-/m11/s1. The number of benzene rings is 2. The average Bonchev–Trinajstić information content (AvgIpc) is 2.82. The minimum Gasteiger partial charge on any atom is -0.488 e. The van der Waals surface area contributed by atoms with E-state index in [1.54, 1.807) is 18.7 Å². The van der Waals surface area contributed by atoms with Gasteiger partial charge in [-0.15, -0.1) is 0 Å². The Balaban J connectivity index is 0.000000239. The minimum atomic E-state index is -0.477. The fourth-order valence-electron chi connectivity index (χ4n) is 4.57. The summed E-state index contributed by atoms with van der Waals surface area (Å²) in [5, 5.41) is 3.17. The first-order valence-corrected chi connectivity index (χ1v) is 14.5. The molecule has 2 aliphatic rings. The van der Waals surface area contributed by atoms with E-state index >= 15 is 0 Å². The maximum Gasteiger partial charge on any atom is 0.410 e. The molecule has 0 aromatic heterocycles. The molecule has 2 heterocycles. The van der Waals surface area contributed by atoms with Gasteiger partial charge < -0.3 is 34.0 Å². The first kappa shape index (κ1) is 32.1. The van der Waals surface area contributed by atoms with Crippen LogP contribution >= 0.6 is 0 Å². The van der Waals surface area contributed by atoms with Gasteiger partial charge in [-0.3, -0.25) is 0 Å². The third-order valence-corrected chi connectivity index (χ3v) is 6.93. The van der Waals surface area contributed by atoms with E-state index in [2.05, 4.69) is 24.4 Å². The number of Topliss-reactive ketones (excluding diaryl/α,β-unsaturated/α-hetero) is 2. The zero-order valence-corrected chi connectivity index (χ0v) is 25.6. The van der Waals surface area contributed by atoms with E-state index < -0.39 is 5.60 Å². The van der Waals surface area contributed by atoms with Crippen LogP contribution in [0.15, 0.2) is 48.5 Å². The van der Waals surface area contributed by atoms with Crippen LogP contribution in [0.2, 0.25) is 0 Å². The zero-order chi connectivity index (χ0) is 30.2. The molecule has 0 spiro atoms. The lowest BCUT2D eigenvalue weighted by atomic mass is 9.96. The first-order valence-electron chi connectivity index (χ1n) is 14.5. The highest BCUT2D eigenvalue weighted by Gasteiger charge is 2.35. The number of rotatable bonds is 10. The normalized spacial score (nSPS) is 16.7. The van der Waals surface area contributed by atoms with Gasteiger partial charge in [0.05, 0.1) is 13.1 Å². The van der Waals surface area contributed by atoms with E-state index in [1.807, 2.05) is 64.1 Å². The van der Waals surface area contributed by atoms with Crippen molar-refractivity contribution in [2.45, 2.75) is 91.0 Å². The number of nitrogens with zero attached hydrogens (tertiary/aromatic N) is 1. The molecule has 0 bridgehead atoms. The van der Waals surface area contributed by atoms with E-state index in [0.717, 1.165) is 30.2 Å². The second kappa shape index (κ2) is 14.5. The van der Waals surface area contributed by atoms with Crippen molar-refractivity contribution in [1.29, 1.82) is 0 Å². The van der Waals surface area contributed by atoms with Gasteiger partial charge in [-0.2, -0.15) is 0 Å². The van der Waals surface area contributed by atoms with Crippen LogP contribution in [0.1, 0.15) is 84.3 Å². The molecule has 2 fully saturated rings. The second-order valence-electron chi connectivity index (χ2n) is 12.3. The Kier molecular flexibility index (Phi) is 11.4. The summed E-state index contributed by atoms with van der Waals surface area (Å²) < 4.78 is 16.9. The molecule has 8 nitrogen and oxygen atoms in total. The number of carbonyl (C=O) groups excluding carboxylic acids is 3. The van der Waals surface area contributed by atoms with Crippen LogP contribution in [0.4, 0.5) is 4.79 Å². The number of carbonyl (C=O) groups is 3. The Labute approximate surface area is 244 Å². The largest absolute Gasteiger partial charge is 0.488 e. The van der Waals surface area contributed by atoms with Crippen LogP contribution in [-0.4, -0.2) is 66.5 Å². The van der Waals surface area contributed by atoms with Crippen molar-refractivity contribution in [3.63, 3.8) is 0 Å². The number of hydrogen-bond donors (Lipinski definition) is 1. The van der Waals surface area contributed by atoms with E-state index in [4.69, 9.17) is 14.2 Å². The van der Waals surface area contributed by atoms with Gasteiger partial charge in [-0.1, -0.05) is 38.1 Å². The number of hydrogen-bond acceptors (Lipinski definition) is 7. The number of nitrogens with one attached hydrogen (secondary N) is 1. The van der Waals surface area contributed by atoms with E-state index in [1.165, 1.54) is 5.56 Å². The lowest BCUT2D eigenvalue weighted by Crippen LogP contribution is -2.57. The molecule has 41 heavy (non-hydrogen) atoms. The monoisotopic (exact) mass is 566 g/mol. The molecule has 2 saturated heterocycles. The minimum absolute atomic E-state index is 0.00184. The van der Waals surface area contributed by atoms with Gasteiger partial charge in [0.25, 0.3) is 0 Å². The Bertz CT molecular complexity index is 1150. The molecule has 2 atom stereocenters. The van der Waals surface area contributed by atoms with Crippen molar-refractivity contribution in [2.24, 2.45) is 0 Å². The number of ether oxygens (including phenoxy) is 3. The summed E-state index contributed by atoms with van der Waals surface area (Å²) in [7, 11) is 0. The van der Waals surface area contributed by atoms with Crippen molar-refractivity contribution in [3.05, 3.63) is 59.7 Å². The molecule has 8 heteroatoms. The number of likely N-dealkylation sites (tertiary alicyclic amines) is 1. The molecule has 4 rings (SSSR count). The fourth-order valence-corrected chi connectivity index (χ4v) is 4.57. The summed E-state index contributed by atoms with van der Waals surface area (Å²) in [6.07, 6.45) is 1.17. The highest BCUT2D eigenvalue weighted by Crippen LogP contribution is 2.25. The predicted octanol–water partition coefficient (Wildman–Crippen LogP) is 5.89. The van der Waals surface area contributed by atoms with Crippen molar-refractivity contribution in [3.8, 4) is 11.5 Å².